The van der Waals surface area contributed by atoms with E-state index < -0.39 is 0 Å². The maximum absolute atomic E-state index is 12.9. The van der Waals surface area contributed by atoms with Crippen LogP contribution in [0.25, 0.3) is 6.08 Å². The van der Waals surface area contributed by atoms with Gasteiger partial charge in [0.05, 0.1) is 20.0 Å². The minimum absolute atomic E-state index is 0.142. The molecule has 0 aliphatic heterocycles. The number of nitrogens with one attached hydrogen (secondary N) is 2. The zero-order valence-electron chi connectivity index (χ0n) is 17.8. The first-order valence-corrected chi connectivity index (χ1v) is 11.5. The Hall–Kier alpha value is -3.44. The molecule has 0 radical (unpaired) electrons. The molecule has 2 amide bonds. The number of rotatable bonds is 10. The van der Waals surface area contributed by atoms with E-state index in [1.54, 1.807) is 43.5 Å². The summed E-state index contributed by atoms with van der Waals surface area (Å²) < 4.78 is 23.9. The molecule has 0 bridgehead atoms. The fourth-order valence-corrected chi connectivity index (χ4v) is 4.16. The van der Waals surface area contributed by atoms with Gasteiger partial charge in [0.25, 0.3) is 0 Å². The third-order valence-corrected chi connectivity index (χ3v) is 6.17. The van der Waals surface area contributed by atoms with Gasteiger partial charge in [-0.3, -0.25) is 14.9 Å². The SMILES string of the molecule is COc1ccc(/C=C/C(=O)Nc2nnc(SCC(=O)NCc3ccc(F)cc3)s2)cc1OC. The summed E-state index contributed by atoms with van der Waals surface area (Å²) in [5, 5.41) is 13.6. The fourth-order valence-electron chi connectivity index (χ4n) is 2.58. The highest BCUT2D eigenvalue weighted by molar-refractivity contribution is 8.01. The molecular formula is C22H21FN4O4S2. The highest BCUT2D eigenvalue weighted by Crippen LogP contribution is 2.28. The van der Waals surface area contributed by atoms with Crippen molar-refractivity contribution in [3.8, 4) is 11.5 Å². The number of ether oxygens (including phenoxy) is 2. The standard InChI is InChI=1S/C22H21FN4O4S2/c1-30-17-9-5-14(11-18(17)31-2)6-10-19(28)25-21-26-27-22(33-21)32-13-20(29)24-12-15-3-7-16(23)8-4-15/h3-11H,12-13H2,1-2H3,(H,24,29)(H,25,26,28)/b10-6+. The van der Waals surface area contributed by atoms with Crippen molar-refractivity contribution < 1.29 is 23.5 Å². The number of anilines is 1. The number of nitrogens with zero attached hydrogens (tertiary/aromatic N) is 2. The molecule has 172 valence electrons. The van der Waals surface area contributed by atoms with Gasteiger partial charge in [-0.25, -0.2) is 4.39 Å². The van der Waals surface area contributed by atoms with E-state index in [2.05, 4.69) is 20.8 Å². The summed E-state index contributed by atoms with van der Waals surface area (Å²) in [5.74, 6) is 0.423. The van der Waals surface area contributed by atoms with Gasteiger partial charge in [0.1, 0.15) is 5.82 Å². The number of hydrogen-bond acceptors (Lipinski definition) is 8. The molecule has 0 fully saturated rings. The molecule has 0 aliphatic rings. The molecule has 8 nitrogen and oxygen atoms in total. The van der Waals surface area contributed by atoms with Gasteiger partial charge in [-0.2, -0.15) is 0 Å². The Morgan fingerprint density at radius 2 is 1.85 bits per heavy atom. The molecule has 1 aromatic heterocycles. The van der Waals surface area contributed by atoms with E-state index in [0.717, 1.165) is 11.1 Å². The Morgan fingerprint density at radius 1 is 1.09 bits per heavy atom. The first-order chi connectivity index (χ1) is 16.0. The third kappa shape index (κ3) is 7.58. The highest BCUT2D eigenvalue weighted by atomic mass is 32.2. The normalized spacial score (nSPS) is 10.8. The molecule has 2 aromatic carbocycles. The number of thioether (sulfide) groups is 1. The van der Waals surface area contributed by atoms with Crippen LogP contribution in [0.1, 0.15) is 11.1 Å². The van der Waals surface area contributed by atoms with Crippen molar-refractivity contribution in [1.29, 1.82) is 0 Å². The molecule has 0 aliphatic carbocycles. The minimum atomic E-state index is -0.366. The van der Waals surface area contributed by atoms with E-state index in [0.29, 0.717) is 27.5 Å². The zero-order chi connectivity index (χ0) is 23.6. The van der Waals surface area contributed by atoms with Crippen LogP contribution < -0.4 is 20.1 Å². The third-order valence-electron chi connectivity index (χ3n) is 4.20. The van der Waals surface area contributed by atoms with Crippen molar-refractivity contribution in [2.45, 2.75) is 10.9 Å². The molecule has 1 heterocycles. The van der Waals surface area contributed by atoms with Crippen molar-refractivity contribution in [2.75, 3.05) is 25.3 Å². The number of aromatic nitrogens is 2. The van der Waals surface area contributed by atoms with E-state index >= 15 is 0 Å². The van der Waals surface area contributed by atoms with Gasteiger partial charge in [-0.05, 0) is 41.5 Å². The molecule has 0 spiro atoms. The summed E-state index contributed by atoms with van der Waals surface area (Å²) in [6, 6.07) is 11.2. The Morgan fingerprint density at radius 3 is 2.58 bits per heavy atom. The van der Waals surface area contributed by atoms with E-state index in [4.69, 9.17) is 9.47 Å². The second kappa shape index (κ2) is 12.0. The first-order valence-electron chi connectivity index (χ1n) is 9.65. The lowest BCUT2D eigenvalue weighted by atomic mass is 10.2. The highest BCUT2D eigenvalue weighted by Gasteiger charge is 2.10. The Kier molecular flexibility index (Phi) is 8.79. The van der Waals surface area contributed by atoms with Gasteiger partial charge in [0.15, 0.2) is 15.8 Å². The number of carbonyl (C=O) groups is 2. The Bertz CT molecular complexity index is 1140. The molecule has 0 unspecified atom stereocenters. The lowest BCUT2D eigenvalue weighted by molar-refractivity contribution is -0.118. The van der Waals surface area contributed by atoms with Gasteiger partial charge in [0.2, 0.25) is 16.9 Å². The summed E-state index contributed by atoms with van der Waals surface area (Å²) in [5.41, 5.74) is 1.57. The lowest BCUT2D eigenvalue weighted by Gasteiger charge is -2.07. The van der Waals surface area contributed by atoms with Crippen LogP contribution in [0.5, 0.6) is 11.5 Å². The number of hydrogen-bond donors (Lipinski definition) is 2. The molecule has 0 saturated heterocycles. The number of benzene rings is 2. The second-order valence-corrected chi connectivity index (χ2v) is 8.70. The zero-order valence-corrected chi connectivity index (χ0v) is 19.5. The lowest BCUT2D eigenvalue weighted by Crippen LogP contribution is -2.24. The van der Waals surface area contributed by atoms with Crippen molar-refractivity contribution in [2.24, 2.45) is 0 Å². The summed E-state index contributed by atoms with van der Waals surface area (Å²) >= 11 is 2.38. The Balaban J connectivity index is 1.45. The topological polar surface area (TPSA) is 102 Å². The van der Waals surface area contributed by atoms with Gasteiger partial charge >= 0.3 is 0 Å². The van der Waals surface area contributed by atoms with Gasteiger partial charge in [-0.15, -0.1) is 10.2 Å². The molecule has 11 heteroatoms. The Labute approximate surface area is 198 Å². The molecule has 0 saturated carbocycles. The molecular weight excluding hydrogens is 467 g/mol. The van der Waals surface area contributed by atoms with E-state index in [-0.39, 0.29) is 23.4 Å². The van der Waals surface area contributed by atoms with Crippen LogP contribution in [0, 0.1) is 5.82 Å². The average Bonchev–Trinajstić information content (AvgIpc) is 3.28. The minimum Gasteiger partial charge on any atom is -0.493 e. The monoisotopic (exact) mass is 488 g/mol. The van der Waals surface area contributed by atoms with Crippen molar-refractivity contribution in [1.82, 2.24) is 15.5 Å². The van der Waals surface area contributed by atoms with Crippen LogP contribution in [-0.2, 0) is 16.1 Å². The average molecular weight is 489 g/mol. The van der Waals surface area contributed by atoms with Gasteiger partial charge < -0.3 is 14.8 Å². The maximum atomic E-state index is 12.9. The molecule has 3 rings (SSSR count). The van der Waals surface area contributed by atoms with Crippen LogP contribution in [0.3, 0.4) is 0 Å². The number of carbonyl (C=O) groups excluding carboxylic acids is 2. The predicted octanol–water partition coefficient (Wildman–Crippen LogP) is 3.75. The van der Waals surface area contributed by atoms with Crippen molar-refractivity contribution in [3.05, 3.63) is 65.5 Å². The fraction of sp³-hybridized carbons (Fsp3) is 0.182. The summed E-state index contributed by atoms with van der Waals surface area (Å²) in [6.45, 7) is 0.309. The van der Waals surface area contributed by atoms with Crippen LogP contribution in [0.4, 0.5) is 9.52 Å². The second-order valence-electron chi connectivity index (χ2n) is 6.50. The molecule has 3 aromatic rings. The molecule has 0 atom stereocenters. The van der Waals surface area contributed by atoms with Crippen LogP contribution >= 0.6 is 23.1 Å². The van der Waals surface area contributed by atoms with E-state index in [9.17, 15) is 14.0 Å². The van der Waals surface area contributed by atoms with Crippen LogP contribution in [0.2, 0.25) is 0 Å². The van der Waals surface area contributed by atoms with Gasteiger partial charge in [0, 0.05) is 12.6 Å². The smallest absolute Gasteiger partial charge is 0.250 e. The molecule has 2 N–H and O–H groups in total. The van der Waals surface area contributed by atoms with Crippen molar-refractivity contribution >= 4 is 46.1 Å². The first kappa shape index (κ1) is 24.2. The molecule has 33 heavy (non-hydrogen) atoms. The summed E-state index contributed by atoms with van der Waals surface area (Å²) in [6.07, 6.45) is 3.01. The quantitative estimate of drug-likeness (QED) is 0.255. The maximum Gasteiger partial charge on any atom is 0.250 e. The summed E-state index contributed by atoms with van der Waals surface area (Å²) in [7, 11) is 3.09. The van der Waals surface area contributed by atoms with Crippen molar-refractivity contribution in [3.63, 3.8) is 0 Å². The predicted molar refractivity (Wildman–Crippen MR) is 126 cm³/mol. The van der Waals surface area contributed by atoms with Crippen LogP contribution in [0.15, 0.2) is 52.9 Å². The number of halogens is 1. The number of amides is 2. The number of methoxy groups -OCH3 is 2. The largest absolute Gasteiger partial charge is 0.493 e. The van der Waals surface area contributed by atoms with Crippen LogP contribution in [-0.4, -0.2) is 42.0 Å². The summed E-state index contributed by atoms with van der Waals surface area (Å²) in [4.78, 5) is 24.2. The van der Waals surface area contributed by atoms with E-state index in [1.165, 1.54) is 48.4 Å². The van der Waals surface area contributed by atoms with Gasteiger partial charge in [-0.1, -0.05) is 41.3 Å². The van der Waals surface area contributed by atoms with E-state index in [1.807, 2.05) is 0 Å².